The van der Waals surface area contributed by atoms with Crippen LogP contribution in [0.4, 0.5) is 4.39 Å². The molecule has 0 bridgehead atoms. The fraction of sp³-hybridized carbons (Fsp3) is 0.562. The number of likely N-dealkylation sites (tertiary alicyclic amines) is 1. The van der Waals surface area contributed by atoms with Gasteiger partial charge in [0.05, 0.1) is 17.1 Å². The summed E-state index contributed by atoms with van der Waals surface area (Å²) in [5.41, 5.74) is 7.88. The standard InChI is InChI=1S/C16H23FN4/c1-2-13(18)16-19-14-11-12(17)5-6-15(14)21(16)10-9-20-7-3-4-8-20/h5-6,11,13H,2-4,7-10,18H2,1H3. The average Bonchev–Trinajstić information content (AvgIpc) is 3.11. The maximum atomic E-state index is 13.4. The summed E-state index contributed by atoms with van der Waals surface area (Å²) in [4.78, 5) is 7.04. The van der Waals surface area contributed by atoms with Crippen molar-refractivity contribution in [3.8, 4) is 0 Å². The third kappa shape index (κ3) is 2.94. The number of rotatable bonds is 5. The number of hydrogen-bond acceptors (Lipinski definition) is 3. The SMILES string of the molecule is CCC(N)c1nc2cc(F)ccc2n1CCN1CCCC1. The fourth-order valence-corrected chi connectivity index (χ4v) is 3.07. The molecule has 1 aliphatic heterocycles. The van der Waals surface area contributed by atoms with Crippen LogP contribution in [0.5, 0.6) is 0 Å². The molecule has 1 saturated heterocycles. The second-order valence-electron chi connectivity index (χ2n) is 5.82. The van der Waals surface area contributed by atoms with Gasteiger partial charge < -0.3 is 15.2 Å². The third-order valence-corrected chi connectivity index (χ3v) is 4.35. The molecule has 0 radical (unpaired) electrons. The second kappa shape index (κ2) is 6.12. The molecule has 2 N–H and O–H groups in total. The van der Waals surface area contributed by atoms with Crippen molar-refractivity contribution < 1.29 is 4.39 Å². The lowest BCUT2D eigenvalue weighted by Crippen LogP contribution is -2.26. The zero-order chi connectivity index (χ0) is 14.8. The first-order valence-electron chi connectivity index (χ1n) is 7.82. The number of imidazole rings is 1. The molecule has 1 aromatic carbocycles. The smallest absolute Gasteiger partial charge is 0.126 e. The van der Waals surface area contributed by atoms with Gasteiger partial charge in [-0.25, -0.2) is 9.37 Å². The largest absolute Gasteiger partial charge is 0.325 e. The van der Waals surface area contributed by atoms with Crippen LogP contribution in [0.1, 0.15) is 38.1 Å². The molecule has 114 valence electrons. The molecule has 0 saturated carbocycles. The molecule has 1 atom stereocenters. The van der Waals surface area contributed by atoms with Crippen molar-refractivity contribution in [3.05, 3.63) is 29.8 Å². The Morgan fingerprint density at radius 1 is 1.29 bits per heavy atom. The third-order valence-electron chi connectivity index (χ3n) is 4.35. The van der Waals surface area contributed by atoms with Crippen LogP contribution in [0.15, 0.2) is 18.2 Å². The quantitative estimate of drug-likeness (QED) is 0.921. The summed E-state index contributed by atoms with van der Waals surface area (Å²) in [6.07, 6.45) is 3.41. The number of nitrogens with two attached hydrogens (primary N) is 1. The van der Waals surface area contributed by atoms with Gasteiger partial charge in [0.15, 0.2) is 0 Å². The molecule has 0 spiro atoms. The average molecular weight is 290 g/mol. The highest BCUT2D eigenvalue weighted by atomic mass is 19.1. The van der Waals surface area contributed by atoms with Crippen LogP contribution in [0.2, 0.25) is 0 Å². The topological polar surface area (TPSA) is 47.1 Å². The van der Waals surface area contributed by atoms with Crippen molar-refractivity contribution in [2.75, 3.05) is 19.6 Å². The fourth-order valence-electron chi connectivity index (χ4n) is 3.07. The van der Waals surface area contributed by atoms with Crippen LogP contribution in [0.3, 0.4) is 0 Å². The zero-order valence-electron chi connectivity index (χ0n) is 12.6. The zero-order valence-corrected chi connectivity index (χ0v) is 12.6. The monoisotopic (exact) mass is 290 g/mol. The summed E-state index contributed by atoms with van der Waals surface area (Å²) in [5.74, 6) is 0.626. The summed E-state index contributed by atoms with van der Waals surface area (Å²) in [7, 11) is 0. The first-order chi connectivity index (χ1) is 10.2. The Morgan fingerprint density at radius 2 is 2.05 bits per heavy atom. The van der Waals surface area contributed by atoms with Crippen LogP contribution in [0.25, 0.3) is 11.0 Å². The predicted molar refractivity (Wildman–Crippen MR) is 82.6 cm³/mol. The number of fused-ring (bicyclic) bond motifs is 1. The molecule has 1 aliphatic rings. The van der Waals surface area contributed by atoms with Crippen molar-refractivity contribution in [1.82, 2.24) is 14.5 Å². The molecule has 0 aliphatic carbocycles. The van der Waals surface area contributed by atoms with Gasteiger partial charge >= 0.3 is 0 Å². The van der Waals surface area contributed by atoms with Gasteiger partial charge in [-0.15, -0.1) is 0 Å². The summed E-state index contributed by atoms with van der Waals surface area (Å²) in [5, 5.41) is 0. The van der Waals surface area contributed by atoms with Gasteiger partial charge in [0.1, 0.15) is 11.6 Å². The van der Waals surface area contributed by atoms with E-state index in [1.807, 2.05) is 6.07 Å². The number of benzene rings is 1. The maximum Gasteiger partial charge on any atom is 0.126 e. The molecule has 1 unspecified atom stereocenters. The number of hydrogen-bond donors (Lipinski definition) is 1. The Bertz CT molecular complexity index is 616. The van der Waals surface area contributed by atoms with E-state index < -0.39 is 0 Å². The van der Waals surface area contributed by atoms with Crippen LogP contribution >= 0.6 is 0 Å². The number of aromatic nitrogens is 2. The second-order valence-corrected chi connectivity index (χ2v) is 5.82. The molecule has 1 fully saturated rings. The molecule has 1 aromatic heterocycles. The van der Waals surface area contributed by atoms with E-state index in [9.17, 15) is 4.39 Å². The Labute approximate surface area is 124 Å². The Morgan fingerprint density at radius 3 is 2.76 bits per heavy atom. The minimum Gasteiger partial charge on any atom is -0.325 e. The normalized spacial score (nSPS) is 17.7. The summed E-state index contributed by atoms with van der Waals surface area (Å²) >= 11 is 0. The van der Waals surface area contributed by atoms with E-state index in [-0.39, 0.29) is 11.9 Å². The molecule has 21 heavy (non-hydrogen) atoms. The Hall–Kier alpha value is -1.46. The summed E-state index contributed by atoms with van der Waals surface area (Å²) in [6, 6.07) is 4.71. The van der Waals surface area contributed by atoms with E-state index in [2.05, 4.69) is 21.4 Å². The van der Waals surface area contributed by atoms with E-state index in [1.54, 1.807) is 0 Å². The van der Waals surface area contributed by atoms with Crippen LogP contribution < -0.4 is 5.73 Å². The van der Waals surface area contributed by atoms with Crippen LogP contribution in [-0.2, 0) is 6.54 Å². The van der Waals surface area contributed by atoms with Gasteiger partial charge in [-0.2, -0.15) is 0 Å². The first-order valence-corrected chi connectivity index (χ1v) is 7.82. The molecule has 2 aromatic rings. The van der Waals surface area contributed by atoms with E-state index in [0.717, 1.165) is 30.9 Å². The summed E-state index contributed by atoms with van der Waals surface area (Å²) < 4.78 is 15.6. The lowest BCUT2D eigenvalue weighted by atomic mass is 10.2. The molecular formula is C16H23FN4. The van der Waals surface area contributed by atoms with Gasteiger partial charge in [0, 0.05) is 19.2 Å². The highest BCUT2D eigenvalue weighted by Crippen LogP contribution is 2.22. The highest BCUT2D eigenvalue weighted by molar-refractivity contribution is 5.76. The highest BCUT2D eigenvalue weighted by Gasteiger charge is 2.18. The predicted octanol–water partition coefficient (Wildman–Crippen LogP) is 2.68. The molecule has 3 rings (SSSR count). The van der Waals surface area contributed by atoms with Gasteiger partial charge in [0.2, 0.25) is 0 Å². The molecular weight excluding hydrogens is 267 g/mol. The van der Waals surface area contributed by atoms with Gasteiger partial charge in [-0.05, 0) is 44.5 Å². The van der Waals surface area contributed by atoms with Gasteiger partial charge in [-0.1, -0.05) is 6.92 Å². The molecule has 5 heteroatoms. The van der Waals surface area contributed by atoms with Crippen LogP contribution in [-0.4, -0.2) is 34.1 Å². The van der Waals surface area contributed by atoms with E-state index in [4.69, 9.17) is 5.73 Å². The molecule has 0 amide bonds. The maximum absolute atomic E-state index is 13.4. The summed E-state index contributed by atoms with van der Waals surface area (Å²) in [6.45, 7) is 6.28. The number of halogens is 1. The van der Waals surface area contributed by atoms with E-state index >= 15 is 0 Å². The van der Waals surface area contributed by atoms with E-state index in [0.29, 0.717) is 5.52 Å². The molecule has 4 nitrogen and oxygen atoms in total. The Kier molecular flexibility index (Phi) is 4.22. The van der Waals surface area contributed by atoms with Crippen molar-refractivity contribution in [3.63, 3.8) is 0 Å². The van der Waals surface area contributed by atoms with Crippen molar-refractivity contribution in [1.29, 1.82) is 0 Å². The lowest BCUT2D eigenvalue weighted by molar-refractivity contribution is 0.321. The van der Waals surface area contributed by atoms with Crippen molar-refractivity contribution >= 4 is 11.0 Å². The van der Waals surface area contributed by atoms with Gasteiger partial charge in [-0.3, -0.25) is 0 Å². The van der Waals surface area contributed by atoms with Crippen molar-refractivity contribution in [2.45, 2.75) is 38.8 Å². The minimum atomic E-state index is -0.247. The van der Waals surface area contributed by atoms with Gasteiger partial charge in [0.25, 0.3) is 0 Å². The lowest BCUT2D eigenvalue weighted by Gasteiger charge is -2.18. The number of nitrogens with zero attached hydrogens (tertiary/aromatic N) is 3. The molecule has 2 heterocycles. The van der Waals surface area contributed by atoms with Crippen molar-refractivity contribution in [2.24, 2.45) is 5.73 Å². The minimum absolute atomic E-state index is 0.0981. The first kappa shape index (κ1) is 14.5. The Balaban J connectivity index is 1.92. The van der Waals surface area contributed by atoms with Crippen LogP contribution in [0, 0.1) is 5.82 Å². The van der Waals surface area contributed by atoms with E-state index in [1.165, 1.54) is 38.1 Å².